The summed E-state index contributed by atoms with van der Waals surface area (Å²) in [7, 11) is 0. The highest BCUT2D eigenvalue weighted by Crippen LogP contribution is 2.31. The van der Waals surface area contributed by atoms with Crippen LogP contribution >= 0.6 is 12.4 Å². The minimum absolute atomic E-state index is 0. The Bertz CT molecular complexity index is 311. The molecule has 84 valence electrons. The summed E-state index contributed by atoms with van der Waals surface area (Å²) in [6.07, 6.45) is 3.75. The molecule has 1 aliphatic rings. The largest absolute Gasteiger partial charge is 0.330 e. The summed E-state index contributed by atoms with van der Waals surface area (Å²) in [5.74, 6) is 1.41. The van der Waals surface area contributed by atoms with Gasteiger partial charge in [0.2, 0.25) is 0 Å². The fourth-order valence-electron chi connectivity index (χ4n) is 2.46. The summed E-state index contributed by atoms with van der Waals surface area (Å²) in [5.41, 5.74) is 8.84. The van der Waals surface area contributed by atoms with Crippen molar-refractivity contribution in [3.05, 3.63) is 35.4 Å². The van der Waals surface area contributed by atoms with Crippen molar-refractivity contribution in [2.24, 2.45) is 11.7 Å². The Morgan fingerprint density at radius 3 is 2.73 bits per heavy atom. The lowest BCUT2D eigenvalue weighted by Gasteiger charge is -2.11. The van der Waals surface area contributed by atoms with Gasteiger partial charge in [0.05, 0.1) is 0 Å². The fraction of sp³-hybridized carbons (Fsp3) is 0.538. The molecule has 2 unspecified atom stereocenters. The first-order chi connectivity index (χ1) is 6.81. The highest BCUT2D eigenvalue weighted by atomic mass is 35.5. The van der Waals surface area contributed by atoms with E-state index in [1.165, 1.54) is 24.8 Å². The Morgan fingerprint density at radius 2 is 2.00 bits per heavy atom. The molecular weight excluding hydrogens is 206 g/mol. The zero-order valence-corrected chi connectivity index (χ0v) is 10.1. The van der Waals surface area contributed by atoms with E-state index >= 15 is 0 Å². The molecule has 1 aromatic rings. The molecule has 0 amide bonds. The van der Waals surface area contributed by atoms with Gasteiger partial charge in [-0.05, 0) is 48.8 Å². The maximum absolute atomic E-state index is 5.78. The lowest BCUT2D eigenvalue weighted by molar-refractivity contribution is 0.475. The van der Waals surface area contributed by atoms with Crippen molar-refractivity contribution in [1.82, 2.24) is 0 Å². The summed E-state index contributed by atoms with van der Waals surface area (Å²) in [4.78, 5) is 0. The normalized spacial score (nSPS) is 24.9. The van der Waals surface area contributed by atoms with Gasteiger partial charge in [-0.3, -0.25) is 0 Å². The van der Waals surface area contributed by atoms with E-state index in [0.29, 0.717) is 11.8 Å². The predicted octanol–water partition coefficient (Wildman–Crippen LogP) is 3.12. The first kappa shape index (κ1) is 12.5. The van der Waals surface area contributed by atoms with E-state index in [9.17, 15) is 0 Å². The Balaban J connectivity index is 0.00000112. The van der Waals surface area contributed by atoms with Crippen LogP contribution in [0.1, 0.15) is 36.8 Å². The number of fused-ring (bicyclic) bond motifs is 1. The van der Waals surface area contributed by atoms with Gasteiger partial charge in [0.15, 0.2) is 0 Å². The summed E-state index contributed by atoms with van der Waals surface area (Å²) in [6.45, 7) is 3.17. The monoisotopic (exact) mass is 225 g/mol. The summed E-state index contributed by atoms with van der Waals surface area (Å²) < 4.78 is 0. The third kappa shape index (κ3) is 2.73. The van der Waals surface area contributed by atoms with Gasteiger partial charge < -0.3 is 5.73 Å². The highest BCUT2D eigenvalue weighted by Gasteiger charge is 2.19. The van der Waals surface area contributed by atoms with E-state index in [-0.39, 0.29) is 12.4 Å². The third-order valence-corrected chi connectivity index (χ3v) is 3.44. The molecule has 1 nitrogen and oxygen atoms in total. The summed E-state index contributed by atoms with van der Waals surface area (Å²) in [5, 5.41) is 0. The number of halogens is 1. The summed E-state index contributed by atoms with van der Waals surface area (Å²) in [6, 6.07) is 8.83. The lowest BCUT2D eigenvalue weighted by atomic mass is 9.94. The highest BCUT2D eigenvalue weighted by molar-refractivity contribution is 5.85. The topological polar surface area (TPSA) is 26.0 Å². The van der Waals surface area contributed by atoms with E-state index in [2.05, 4.69) is 31.2 Å². The average molecular weight is 226 g/mol. The number of hydrogen-bond acceptors (Lipinski definition) is 1. The van der Waals surface area contributed by atoms with Crippen LogP contribution in [0.4, 0.5) is 0 Å². The van der Waals surface area contributed by atoms with Crippen LogP contribution in [0.2, 0.25) is 0 Å². The van der Waals surface area contributed by atoms with E-state index in [0.717, 1.165) is 6.54 Å². The van der Waals surface area contributed by atoms with Crippen LogP contribution in [0, 0.1) is 5.92 Å². The van der Waals surface area contributed by atoms with Crippen molar-refractivity contribution in [3.8, 4) is 0 Å². The predicted molar refractivity (Wildman–Crippen MR) is 67.6 cm³/mol. The van der Waals surface area contributed by atoms with Crippen LogP contribution in [0.5, 0.6) is 0 Å². The third-order valence-electron chi connectivity index (χ3n) is 3.44. The van der Waals surface area contributed by atoms with Crippen LogP contribution in [-0.4, -0.2) is 6.54 Å². The maximum atomic E-state index is 5.78. The standard InChI is InChI=1S/C13H19N.ClH/c1-10-6-7-11(9-14)8-12-4-2-3-5-13(10)12;/h2-5,10-11H,6-9,14H2,1H3;1H. The Labute approximate surface area is 98.5 Å². The van der Waals surface area contributed by atoms with Crippen LogP contribution in [0.25, 0.3) is 0 Å². The smallest absolute Gasteiger partial charge is 0.00457 e. The van der Waals surface area contributed by atoms with E-state index in [1.54, 1.807) is 5.56 Å². The lowest BCUT2D eigenvalue weighted by Crippen LogP contribution is -2.15. The van der Waals surface area contributed by atoms with Crippen molar-refractivity contribution < 1.29 is 0 Å². The van der Waals surface area contributed by atoms with Crippen LogP contribution in [0.3, 0.4) is 0 Å². The average Bonchev–Trinajstić information content (AvgIpc) is 2.39. The van der Waals surface area contributed by atoms with Crippen molar-refractivity contribution in [2.45, 2.75) is 32.1 Å². The molecule has 0 saturated heterocycles. The molecule has 0 saturated carbocycles. The molecule has 2 heteroatoms. The second-order valence-corrected chi connectivity index (χ2v) is 4.48. The van der Waals surface area contributed by atoms with Gasteiger partial charge in [-0.1, -0.05) is 31.2 Å². The van der Waals surface area contributed by atoms with E-state index in [1.807, 2.05) is 0 Å². The molecule has 2 atom stereocenters. The van der Waals surface area contributed by atoms with Gasteiger partial charge in [-0.2, -0.15) is 0 Å². The van der Waals surface area contributed by atoms with E-state index in [4.69, 9.17) is 5.73 Å². The molecule has 2 rings (SSSR count). The molecule has 15 heavy (non-hydrogen) atoms. The minimum Gasteiger partial charge on any atom is -0.330 e. The number of nitrogens with two attached hydrogens (primary N) is 1. The fourth-order valence-corrected chi connectivity index (χ4v) is 2.46. The first-order valence-electron chi connectivity index (χ1n) is 5.59. The summed E-state index contributed by atoms with van der Waals surface area (Å²) >= 11 is 0. The zero-order valence-electron chi connectivity index (χ0n) is 9.28. The van der Waals surface area contributed by atoms with Gasteiger partial charge >= 0.3 is 0 Å². The van der Waals surface area contributed by atoms with Gasteiger partial charge in [0, 0.05) is 0 Å². The Hall–Kier alpha value is -0.530. The molecule has 0 bridgehead atoms. The molecule has 1 aliphatic carbocycles. The molecular formula is C13H20ClN. The van der Waals surface area contributed by atoms with Crippen LogP contribution < -0.4 is 5.73 Å². The zero-order chi connectivity index (χ0) is 9.97. The molecule has 0 radical (unpaired) electrons. The number of benzene rings is 1. The minimum atomic E-state index is 0. The van der Waals surface area contributed by atoms with Gasteiger partial charge in [-0.25, -0.2) is 0 Å². The molecule has 0 aromatic heterocycles. The molecule has 2 N–H and O–H groups in total. The molecule has 1 aromatic carbocycles. The molecule has 0 heterocycles. The van der Waals surface area contributed by atoms with Gasteiger partial charge in [0.1, 0.15) is 0 Å². The SMILES string of the molecule is CC1CCC(CN)Cc2ccccc21.Cl. The number of rotatable bonds is 1. The second-order valence-electron chi connectivity index (χ2n) is 4.48. The van der Waals surface area contributed by atoms with E-state index < -0.39 is 0 Å². The van der Waals surface area contributed by atoms with Gasteiger partial charge in [0.25, 0.3) is 0 Å². The quantitative estimate of drug-likeness (QED) is 0.731. The van der Waals surface area contributed by atoms with Crippen molar-refractivity contribution >= 4 is 12.4 Å². The van der Waals surface area contributed by atoms with Crippen LogP contribution in [-0.2, 0) is 6.42 Å². The Kier molecular flexibility index (Phi) is 4.62. The van der Waals surface area contributed by atoms with Crippen molar-refractivity contribution in [2.75, 3.05) is 6.54 Å². The number of hydrogen-bond donors (Lipinski definition) is 1. The second kappa shape index (κ2) is 5.53. The molecule has 0 fully saturated rings. The Morgan fingerprint density at radius 1 is 1.27 bits per heavy atom. The molecule has 0 aliphatic heterocycles. The first-order valence-corrected chi connectivity index (χ1v) is 5.59. The molecule has 0 spiro atoms. The maximum Gasteiger partial charge on any atom is -0.00457 e. The van der Waals surface area contributed by atoms with Crippen molar-refractivity contribution in [1.29, 1.82) is 0 Å². The van der Waals surface area contributed by atoms with Crippen molar-refractivity contribution in [3.63, 3.8) is 0 Å². The van der Waals surface area contributed by atoms with Crippen LogP contribution in [0.15, 0.2) is 24.3 Å². The van der Waals surface area contributed by atoms with Gasteiger partial charge in [-0.15, -0.1) is 12.4 Å².